The topological polar surface area (TPSA) is 73.3 Å². The van der Waals surface area contributed by atoms with Crippen molar-refractivity contribution in [1.82, 2.24) is 10.6 Å². The maximum Gasteiger partial charge on any atom is 0.203 e. The second-order valence-corrected chi connectivity index (χ2v) is 7.42. The molecule has 1 aliphatic rings. The van der Waals surface area contributed by atoms with Gasteiger partial charge in [0.25, 0.3) is 0 Å². The van der Waals surface area contributed by atoms with Crippen molar-refractivity contribution in [1.29, 1.82) is 0 Å². The maximum atomic E-state index is 5.98. The molecule has 1 fully saturated rings. The SMILES string of the molecule is CCNC(=NCCCOC1CCCCC1)NCCc1ccc(OC)c(OC)c1OC. The van der Waals surface area contributed by atoms with Gasteiger partial charge in [-0.15, -0.1) is 0 Å². The molecule has 170 valence electrons. The lowest BCUT2D eigenvalue weighted by atomic mass is 9.98. The molecule has 1 aliphatic carbocycles. The van der Waals surface area contributed by atoms with Crippen LogP contribution in [0.25, 0.3) is 0 Å². The highest BCUT2D eigenvalue weighted by atomic mass is 16.5. The molecular weight excluding hydrogens is 382 g/mol. The Morgan fingerprint density at radius 1 is 1.00 bits per heavy atom. The van der Waals surface area contributed by atoms with E-state index in [0.717, 1.165) is 50.6 Å². The minimum atomic E-state index is 0.463. The van der Waals surface area contributed by atoms with Crippen LogP contribution in [0.4, 0.5) is 0 Å². The van der Waals surface area contributed by atoms with Gasteiger partial charge in [-0.2, -0.15) is 0 Å². The summed E-state index contributed by atoms with van der Waals surface area (Å²) in [6.07, 6.45) is 8.59. The van der Waals surface area contributed by atoms with E-state index >= 15 is 0 Å². The summed E-state index contributed by atoms with van der Waals surface area (Å²) in [7, 11) is 4.89. The molecule has 0 unspecified atom stereocenters. The molecule has 0 bridgehead atoms. The molecule has 0 radical (unpaired) electrons. The molecular formula is C23H39N3O4. The van der Waals surface area contributed by atoms with Crippen LogP contribution in [0.3, 0.4) is 0 Å². The highest BCUT2D eigenvalue weighted by Crippen LogP contribution is 2.39. The predicted octanol–water partition coefficient (Wildman–Crippen LogP) is 3.55. The zero-order valence-electron chi connectivity index (χ0n) is 19.1. The van der Waals surface area contributed by atoms with Gasteiger partial charge in [-0.05, 0) is 38.7 Å². The van der Waals surface area contributed by atoms with E-state index in [1.165, 1.54) is 32.1 Å². The molecule has 0 heterocycles. The molecule has 2 rings (SSSR count). The van der Waals surface area contributed by atoms with Gasteiger partial charge in [0.2, 0.25) is 5.75 Å². The second-order valence-electron chi connectivity index (χ2n) is 7.42. The van der Waals surface area contributed by atoms with Gasteiger partial charge in [-0.3, -0.25) is 4.99 Å². The molecule has 0 saturated heterocycles. The highest BCUT2D eigenvalue weighted by molar-refractivity contribution is 5.79. The Bertz CT molecular complexity index is 646. The summed E-state index contributed by atoms with van der Waals surface area (Å²) in [5.41, 5.74) is 1.05. The van der Waals surface area contributed by atoms with Gasteiger partial charge >= 0.3 is 0 Å². The molecule has 0 amide bonds. The maximum absolute atomic E-state index is 5.98. The Morgan fingerprint density at radius 2 is 1.77 bits per heavy atom. The third kappa shape index (κ3) is 7.59. The Morgan fingerprint density at radius 3 is 2.43 bits per heavy atom. The van der Waals surface area contributed by atoms with Crippen molar-refractivity contribution >= 4 is 5.96 Å². The van der Waals surface area contributed by atoms with Gasteiger partial charge in [0.05, 0.1) is 27.4 Å². The lowest BCUT2D eigenvalue weighted by Gasteiger charge is -2.21. The number of guanidine groups is 1. The van der Waals surface area contributed by atoms with Crippen molar-refractivity contribution in [3.8, 4) is 17.2 Å². The number of aliphatic imine (C=N–C) groups is 1. The lowest BCUT2D eigenvalue weighted by Crippen LogP contribution is -2.38. The number of ether oxygens (including phenoxy) is 4. The van der Waals surface area contributed by atoms with Crippen LogP contribution >= 0.6 is 0 Å². The fourth-order valence-corrected chi connectivity index (χ4v) is 3.75. The highest BCUT2D eigenvalue weighted by Gasteiger charge is 2.15. The standard InChI is InChI=1S/C23H39N3O4/c1-5-24-23(25-15-9-17-30-19-10-7-6-8-11-19)26-16-14-18-12-13-20(27-2)22(29-4)21(18)28-3/h12-13,19H,5-11,14-17H2,1-4H3,(H2,24,25,26). The molecule has 1 aromatic rings. The summed E-state index contributed by atoms with van der Waals surface area (Å²) in [5, 5.41) is 6.70. The molecule has 1 saturated carbocycles. The minimum absolute atomic E-state index is 0.463. The average Bonchev–Trinajstić information content (AvgIpc) is 2.78. The zero-order chi connectivity index (χ0) is 21.6. The van der Waals surface area contributed by atoms with Crippen LogP contribution in [0.1, 0.15) is 51.0 Å². The van der Waals surface area contributed by atoms with E-state index in [-0.39, 0.29) is 0 Å². The molecule has 7 heteroatoms. The summed E-state index contributed by atoms with van der Waals surface area (Å²) in [5.74, 6) is 2.82. The number of benzene rings is 1. The number of rotatable bonds is 12. The van der Waals surface area contributed by atoms with Crippen LogP contribution < -0.4 is 24.8 Å². The summed E-state index contributed by atoms with van der Waals surface area (Å²) in [4.78, 5) is 4.67. The Kier molecular flexibility index (Phi) is 11.2. The first-order chi connectivity index (χ1) is 14.7. The van der Waals surface area contributed by atoms with E-state index in [9.17, 15) is 0 Å². The fourth-order valence-electron chi connectivity index (χ4n) is 3.75. The van der Waals surface area contributed by atoms with E-state index in [0.29, 0.717) is 23.4 Å². The monoisotopic (exact) mass is 421 g/mol. The van der Waals surface area contributed by atoms with Crippen molar-refractivity contribution in [2.24, 2.45) is 4.99 Å². The number of hydrogen-bond donors (Lipinski definition) is 2. The second kappa shape index (κ2) is 14.0. The lowest BCUT2D eigenvalue weighted by molar-refractivity contribution is 0.0281. The van der Waals surface area contributed by atoms with Gasteiger partial charge in [0.15, 0.2) is 17.5 Å². The van der Waals surface area contributed by atoms with Crippen LogP contribution in [0, 0.1) is 0 Å². The Labute approximate surface area is 181 Å². The van der Waals surface area contributed by atoms with E-state index in [2.05, 4.69) is 22.5 Å². The quantitative estimate of drug-likeness (QED) is 0.305. The average molecular weight is 422 g/mol. The number of nitrogens with one attached hydrogen (secondary N) is 2. The molecule has 1 aromatic carbocycles. The van der Waals surface area contributed by atoms with Gasteiger partial charge in [0, 0.05) is 31.8 Å². The molecule has 0 spiro atoms. The van der Waals surface area contributed by atoms with Crippen LogP contribution in [-0.2, 0) is 11.2 Å². The van der Waals surface area contributed by atoms with Crippen molar-refractivity contribution in [2.45, 2.75) is 58.0 Å². The normalized spacial score (nSPS) is 15.0. The number of hydrogen-bond acceptors (Lipinski definition) is 5. The van der Waals surface area contributed by atoms with E-state index in [4.69, 9.17) is 18.9 Å². The Balaban J connectivity index is 1.80. The van der Waals surface area contributed by atoms with Crippen LogP contribution in [0.15, 0.2) is 17.1 Å². The molecule has 0 atom stereocenters. The van der Waals surface area contributed by atoms with Crippen LogP contribution in [-0.4, -0.2) is 59.6 Å². The number of methoxy groups -OCH3 is 3. The molecule has 7 nitrogen and oxygen atoms in total. The van der Waals surface area contributed by atoms with Crippen molar-refractivity contribution in [2.75, 3.05) is 47.6 Å². The minimum Gasteiger partial charge on any atom is -0.493 e. The van der Waals surface area contributed by atoms with Crippen molar-refractivity contribution in [3.63, 3.8) is 0 Å². The number of nitrogens with zero attached hydrogens (tertiary/aromatic N) is 1. The molecule has 0 aliphatic heterocycles. The van der Waals surface area contributed by atoms with Crippen LogP contribution in [0.5, 0.6) is 17.2 Å². The van der Waals surface area contributed by atoms with Crippen LogP contribution in [0.2, 0.25) is 0 Å². The third-order valence-corrected chi connectivity index (χ3v) is 5.29. The largest absolute Gasteiger partial charge is 0.493 e. The van der Waals surface area contributed by atoms with Gasteiger partial charge in [-0.1, -0.05) is 25.3 Å². The summed E-state index contributed by atoms with van der Waals surface area (Å²) < 4.78 is 22.4. The first-order valence-corrected chi connectivity index (χ1v) is 11.1. The van der Waals surface area contributed by atoms with Gasteiger partial charge < -0.3 is 29.6 Å². The zero-order valence-corrected chi connectivity index (χ0v) is 19.1. The molecule has 2 N–H and O–H groups in total. The van der Waals surface area contributed by atoms with E-state index < -0.39 is 0 Å². The van der Waals surface area contributed by atoms with E-state index in [1.807, 2.05) is 12.1 Å². The third-order valence-electron chi connectivity index (χ3n) is 5.29. The first kappa shape index (κ1) is 24.1. The smallest absolute Gasteiger partial charge is 0.203 e. The Hall–Kier alpha value is -2.15. The fraction of sp³-hybridized carbons (Fsp3) is 0.696. The molecule has 30 heavy (non-hydrogen) atoms. The molecule has 0 aromatic heterocycles. The van der Waals surface area contributed by atoms with Gasteiger partial charge in [0.1, 0.15) is 0 Å². The van der Waals surface area contributed by atoms with Crippen molar-refractivity contribution in [3.05, 3.63) is 17.7 Å². The summed E-state index contributed by atoms with van der Waals surface area (Å²) in [6, 6.07) is 3.91. The predicted molar refractivity (Wildman–Crippen MR) is 121 cm³/mol. The van der Waals surface area contributed by atoms with Gasteiger partial charge in [-0.25, -0.2) is 0 Å². The summed E-state index contributed by atoms with van der Waals surface area (Å²) >= 11 is 0. The van der Waals surface area contributed by atoms with Crippen molar-refractivity contribution < 1.29 is 18.9 Å². The van der Waals surface area contributed by atoms with E-state index in [1.54, 1.807) is 21.3 Å². The first-order valence-electron chi connectivity index (χ1n) is 11.1. The summed E-state index contributed by atoms with van der Waals surface area (Å²) in [6.45, 7) is 5.17.